The average Bonchev–Trinajstić information content (AvgIpc) is 3.90. The fourth-order valence-electron chi connectivity index (χ4n) is 8.47. The summed E-state index contributed by atoms with van der Waals surface area (Å²) in [6.07, 6.45) is 0. The second-order valence-electron chi connectivity index (χ2n) is 14.2. The van der Waals surface area contributed by atoms with E-state index in [1.165, 1.54) is 12.1 Å². The summed E-state index contributed by atoms with van der Waals surface area (Å²) in [7, 11) is 0. The summed E-state index contributed by atoms with van der Waals surface area (Å²) in [5.74, 6) is 1.28. The molecule has 5 heteroatoms. The van der Waals surface area contributed by atoms with Gasteiger partial charge in [0.05, 0.1) is 24.9 Å². The second kappa shape index (κ2) is 12.8. The van der Waals surface area contributed by atoms with Crippen LogP contribution in [0.25, 0.3) is 116 Å². The highest BCUT2D eigenvalue weighted by Gasteiger charge is 2.25. The molecule has 270 valence electrons. The van der Waals surface area contributed by atoms with E-state index >= 15 is 0 Å². The quantitative estimate of drug-likeness (QED) is 0.176. The van der Waals surface area contributed by atoms with Crippen LogP contribution in [0.2, 0.25) is 0 Å². The van der Waals surface area contributed by atoms with Crippen LogP contribution >= 0.6 is 0 Å². The lowest BCUT2D eigenvalue weighted by Crippen LogP contribution is -2.04. The van der Waals surface area contributed by atoms with Crippen molar-refractivity contribution in [3.63, 3.8) is 0 Å². The number of hydrogen-bond donors (Lipinski definition) is 0. The van der Waals surface area contributed by atoms with Crippen LogP contribution in [0.5, 0.6) is 0 Å². The summed E-state index contributed by atoms with van der Waals surface area (Å²) < 4.78 is 62.7. The summed E-state index contributed by atoms with van der Waals surface area (Å²) >= 11 is 0. The third kappa shape index (κ3) is 4.93. The minimum absolute atomic E-state index is 0.0625. The lowest BCUT2D eigenvalue weighted by atomic mass is 9.94. The highest BCUT2D eigenvalue weighted by atomic mass is 16.3. The Bertz CT molecular complexity index is 3770. The average molecular weight is 747 g/mol. The molecule has 0 amide bonds. The Morgan fingerprint density at radius 2 is 0.879 bits per heavy atom. The van der Waals surface area contributed by atoms with Crippen molar-refractivity contribution in [1.82, 2.24) is 19.5 Å². The maximum atomic E-state index is 9.35. The number of aromatic nitrogens is 4. The first-order chi connectivity index (χ1) is 31.2. The van der Waals surface area contributed by atoms with Crippen LogP contribution in [0.4, 0.5) is 0 Å². The minimum Gasteiger partial charge on any atom is -0.455 e. The van der Waals surface area contributed by atoms with E-state index in [0.29, 0.717) is 51.0 Å². The number of hydrogen-bond acceptors (Lipinski definition) is 4. The van der Waals surface area contributed by atoms with Gasteiger partial charge < -0.3 is 8.98 Å². The topological polar surface area (TPSA) is 56.7 Å². The fraction of sp³-hybridized carbons (Fsp3) is 0. The summed E-state index contributed by atoms with van der Waals surface area (Å²) in [5, 5.41) is 6.15. The van der Waals surface area contributed by atoms with Gasteiger partial charge in [0.2, 0.25) is 0 Å². The van der Waals surface area contributed by atoms with E-state index in [-0.39, 0.29) is 58.1 Å². The largest absolute Gasteiger partial charge is 0.455 e. The van der Waals surface area contributed by atoms with Gasteiger partial charge in [-0.3, -0.25) is 0 Å². The standard InChI is InChI=1S/C53H32N4O/c1-3-19-35-33(15-1)17-11-25-41(35)51-54-52(42-26-12-18-34-16-2-4-20-36(34)42)56-53(55-51)44-28-14-31-47(57-45-29-8-5-21-37(45)38-22-6-9-30-46(38)57)49(44)43-27-13-24-40-39-23-7-10-32-48(39)58-50(40)43/h1-32H/i5D,6D,21D,22D,29D,30D. The molecule has 0 fully saturated rings. The van der Waals surface area contributed by atoms with Crippen molar-refractivity contribution in [2.75, 3.05) is 0 Å². The second-order valence-corrected chi connectivity index (χ2v) is 14.2. The van der Waals surface area contributed by atoms with E-state index in [2.05, 4.69) is 36.4 Å². The van der Waals surface area contributed by atoms with Crippen molar-refractivity contribution in [3.05, 3.63) is 194 Å². The van der Waals surface area contributed by atoms with Gasteiger partial charge in [-0.1, -0.05) is 170 Å². The predicted molar refractivity (Wildman–Crippen MR) is 238 cm³/mol. The zero-order valence-corrected chi connectivity index (χ0v) is 30.7. The van der Waals surface area contributed by atoms with Crippen molar-refractivity contribution in [2.24, 2.45) is 0 Å². The van der Waals surface area contributed by atoms with Crippen molar-refractivity contribution in [1.29, 1.82) is 0 Å². The van der Waals surface area contributed by atoms with Gasteiger partial charge in [0, 0.05) is 49.4 Å². The summed E-state index contributed by atoms with van der Waals surface area (Å²) in [6, 6.07) is 49.7. The maximum Gasteiger partial charge on any atom is 0.164 e. The van der Waals surface area contributed by atoms with Crippen molar-refractivity contribution in [2.45, 2.75) is 0 Å². The molecule has 0 aliphatic carbocycles. The smallest absolute Gasteiger partial charge is 0.164 e. The first kappa shape index (κ1) is 26.8. The minimum atomic E-state index is -0.192. The lowest BCUT2D eigenvalue weighted by Gasteiger charge is -2.19. The monoisotopic (exact) mass is 746 g/mol. The summed E-state index contributed by atoms with van der Waals surface area (Å²) in [4.78, 5) is 15.9. The molecule has 0 atom stereocenters. The Balaban J connectivity index is 1.26. The maximum absolute atomic E-state index is 9.35. The molecule has 3 aromatic heterocycles. The molecule has 0 bridgehead atoms. The zero-order chi connectivity index (χ0) is 43.4. The SMILES string of the molecule is [2H]c1cc([2H])c2c(c1[2H])c1c([2H])c([2H])cc([2H])c1n2-c1cccc(-c2nc(-c3cccc4ccccc34)nc(-c3cccc4ccccc34)n2)c1-c1cccc2c1oc1ccccc12. The predicted octanol–water partition coefficient (Wildman–Crippen LogP) is 13.8. The van der Waals surface area contributed by atoms with Crippen LogP contribution in [-0.4, -0.2) is 19.5 Å². The Morgan fingerprint density at radius 3 is 1.53 bits per heavy atom. The Kier molecular flexibility index (Phi) is 5.94. The van der Waals surface area contributed by atoms with Gasteiger partial charge in [-0.25, -0.2) is 15.0 Å². The molecule has 5 nitrogen and oxygen atoms in total. The molecule has 0 aliphatic rings. The lowest BCUT2D eigenvalue weighted by molar-refractivity contribution is 0.670. The molecule has 0 unspecified atom stereocenters. The highest BCUT2D eigenvalue weighted by Crippen LogP contribution is 2.45. The number of fused-ring (bicyclic) bond motifs is 8. The normalized spacial score (nSPS) is 13.2. The first-order valence-electron chi connectivity index (χ1n) is 22.0. The van der Waals surface area contributed by atoms with Crippen LogP contribution in [0.3, 0.4) is 0 Å². The molecule has 0 saturated heterocycles. The van der Waals surface area contributed by atoms with E-state index in [4.69, 9.17) is 24.9 Å². The molecule has 58 heavy (non-hydrogen) atoms. The molecule has 0 saturated carbocycles. The molecule has 0 radical (unpaired) electrons. The Labute approximate surface area is 341 Å². The van der Waals surface area contributed by atoms with Gasteiger partial charge in [-0.15, -0.1) is 0 Å². The van der Waals surface area contributed by atoms with Gasteiger partial charge >= 0.3 is 0 Å². The number of rotatable bonds is 5. The summed E-state index contributed by atoms with van der Waals surface area (Å²) in [6.45, 7) is 0. The van der Waals surface area contributed by atoms with Gasteiger partial charge in [-0.2, -0.15) is 0 Å². The third-order valence-corrected chi connectivity index (χ3v) is 11.0. The van der Waals surface area contributed by atoms with Gasteiger partial charge in [0.15, 0.2) is 17.5 Å². The fourth-order valence-corrected chi connectivity index (χ4v) is 8.47. The van der Waals surface area contributed by atoms with Crippen LogP contribution < -0.4 is 0 Å². The number of para-hydroxylation sites is 4. The summed E-state index contributed by atoms with van der Waals surface area (Å²) in [5.41, 5.74) is 5.79. The Morgan fingerprint density at radius 1 is 0.397 bits per heavy atom. The van der Waals surface area contributed by atoms with Gasteiger partial charge in [0.25, 0.3) is 0 Å². The van der Waals surface area contributed by atoms with Crippen LogP contribution in [-0.2, 0) is 0 Å². The third-order valence-electron chi connectivity index (χ3n) is 11.0. The van der Waals surface area contributed by atoms with Crippen molar-refractivity contribution < 1.29 is 12.6 Å². The molecular weight excluding hydrogens is 709 g/mol. The zero-order valence-electron chi connectivity index (χ0n) is 36.7. The number of benzene rings is 9. The van der Waals surface area contributed by atoms with E-state index in [1.54, 1.807) is 4.57 Å². The number of furan rings is 1. The highest BCUT2D eigenvalue weighted by molar-refractivity contribution is 6.13. The molecule has 12 rings (SSSR count). The van der Waals surface area contributed by atoms with Gasteiger partial charge in [0.1, 0.15) is 11.2 Å². The number of nitrogens with zero attached hydrogens (tertiary/aromatic N) is 4. The van der Waals surface area contributed by atoms with E-state index in [9.17, 15) is 2.74 Å². The first-order valence-corrected chi connectivity index (χ1v) is 19.0. The van der Waals surface area contributed by atoms with Gasteiger partial charge in [-0.05, 0) is 45.8 Å². The van der Waals surface area contributed by atoms with Crippen molar-refractivity contribution >= 4 is 65.3 Å². The van der Waals surface area contributed by atoms with Crippen LogP contribution in [0, 0.1) is 0 Å². The molecule has 12 aromatic rings. The van der Waals surface area contributed by atoms with Crippen molar-refractivity contribution in [3.8, 4) is 51.0 Å². The van der Waals surface area contributed by atoms with Crippen LogP contribution in [0.15, 0.2) is 198 Å². The van der Waals surface area contributed by atoms with E-state index < -0.39 is 0 Å². The molecule has 0 N–H and O–H groups in total. The van der Waals surface area contributed by atoms with Crippen LogP contribution in [0.1, 0.15) is 8.22 Å². The molecule has 3 heterocycles. The van der Waals surface area contributed by atoms with E-state index in [0.717, 1.165) is 43.4 Å². The van der Waals surface area contributed by atoms with E-state index in [1.807, 2.05) is 109 Å². The molecule has 0 aliphatic heterocycles. The Hall–Kier alpha value is -7.89. The molecule has 9 aromatic carbocycles. The molecule has 0 spiro atoms. The molecular formula is C53H32N4O.